The van der Waals surface area contributed by atoms with Crippen LogP contribution in [0, 0.1) is 12.8 Å². The summed E-state index contributed by atoms with van der Waals surface area (Å²) in [6, 6.07) is 5.03. The Morgan fingerprint density at radius 2 is 2.29 bits per heavy atom. The van der Waals surface area contributed by atoms with Crippen LogP contribution in [0.25, 0.3) is 0 Å². The Balaban J connectivity index is 1.79. The summed E-state index contributed by atoms with van der Waals surface area (Å²) in [4.78, 5) is 11.4. The van der Waals surface area contributed by atoms with Crippen molar-refractivity contribution in [2.75, 3.05) is 13.2 Å². The van der Waals surface area contributed by atoms with Gasteiger partial charge in [0.2, 0.25) is 0 Å². The molecule has 0 aliphatic heterocycles. The highest BCUT2D eigenvalue weighted by molar-refractivity contribution is 5.77. The van der Waals surface area contributed by atoms with Gasteiger partial charge in [-0.05, 0) is 37.8 Å². The molecule has 1 amide bonds. The number of ether oxygens (including phenoxy) is 1. The topological polar surface area (TPSA) is 58.6 Å². The van der Waals surface area contributed by atoms with E-state index in [-0.39, 0.29) is 18.3 Å². The van der Waals surface area contributed by atoms with Gasteiger partial charge in [0.1, 0.15) is 11.5 Å². The second-order valence-corrected chi connectivity index (χ2v) is 4.44. The number of phenols is 1. The van der Waals surface area contributed by atoms with Crippen LogP contribution < -0.4 is 10.1 Å². The van der Waals surface area contributed by atoms with Gasteiger partial charge in [-0.25, -0.2) is 0 Å². The van der Waals surface area contributed by atoms with Crippen molar-refractivity contribution < 1.29 is 14.6 Å². The Labute approximate surface area is 101 Å². The quantitative estimate of drug-likeness (QED) is 0.815. The summed E-state index contributed by atoms with van der Waals surface area (Å²) >= 11 is 0. The lowest BCUT2D eigenvalue weighted by molar-refractivity contribution is -0.123. The molecule has 2 N–H and O–H groups in total. The highest BCUT2D eigenvalue weighted by Gasteiger charge is 2.21. The summed E-state index contributed by atoms with van der Waals surface area (Å²) < 4.78 is 5.36. The molecule has 1 fully saturated rings. The number of nitrogens with one attached hydrogen (secondary N) is 1. The smallest absolute Gasteiger partial charge is 0.257 e. The molecular weight excluding hydrogens is 218 g/mol. The van der Waals surface area contributed by atoms with Crippen molar-refractivity contribution in [3.63, 3.8) is 0 Å². The molecule has 0 spiro atoms. The molecule has 1 aromatic carbocycles. The molecular formula is C13H17NO3. The van der Waals surface area contributed by atoms with Gasteiger partial charge in [-0.2, -0.15) is 0 Å². The molecule has 92 valence electrons. The Bertz CT molecular complexity index is 413. The second-order valence-electron chi connectivity index (χ2n) is 4.44. The number of hydrogen-bond donors (Lipinski definition) is 2. The highest BCUT2D eigenvalue weighted by atomic mass is 16.5. The Hall–Kier alpha value is -1.71. The molecule has 0 radical (unpaired) electrons. The predicted molar refractivity (Wildman–Crippen MR) is 64.1 cm³/mol. The van der Waals surface area contributed by atoms with E-state index in [2.05, 4.69) is 5.32 Å². The van der Waals surface area contributed by atoms with Gasteiger partial charge in [-0.1, -0.05) is 6.07 Å². The van der Waals surface area contributed by atoms with E-state index >= 15 is 0 Å². The average molecular weight is 235 g/mol. The van der Waals surface area contributed by atoms with E-state index < -0.39 is 0 Å². The molecule has 0 bridgehead atoms. The predicted octanol–water partition coefficient (Wildman–Crippen LogP) is 1.61. The van der Waals surface area contributed by atoms with Gasteiger partial charge in [0.05, 0.1) is 0 Å². The van der Waals surface area contributed by atoms with Crippen molar-refractivity contribution in [1.82, 2.24) is 5.32 Å². The van der Waals surface area contributed by atoms with Crippen LogP contribution in [0.4, 0.5) is 0 Å². The van der Waals surface area contributed by atoms with Crippen molar-refractivity contribution in [3.8, 4) is 11.5 Å². The van der Waals surface area contributed by atoms with E-state index in [0.29, 0.717) is 17.2 Å². The fraction of sp³-hybridized carbons (Fsp3) is 0.462. The SMILES string of the molecule is Cc1c(O)cccc1OCC(=O)NCC1CC1. The number of carbonyl (C=O) groups excluding carboxylic acids is 1. The summed E-state index contributed by atoms with van der Waals surface area (Å²) in [7, 11) is 0. The summed E-state index contributed by atoms with van der Waals surface area (Å²) in [6.07, 6.45) is 2.43. The Morgan fingerprint density at radius 1 is 1.53 bits per heavy atom. The van der Waals surface area contributed by atoms with Crippen molar-refractivity contribution in [3.05, 3.63) is 23.8 Å². The zero-order valence-corrected chi connectivity index (χ0v) is 9.90. The van der Waals surface area contributed by atoms with Crippen LogP contribution in [0.15, 0.2) is 18.2 Å². The molecule has 4 heteroatoms. The largest absolute Gasteiger partial charge is 0.508 e. The standard InChI is InChI=1S/C13H17NO3/c1-9-11(15)3-2-4-12(9)17-8-13(16)14-7-10-5-6-10/h2-4,10,15H,5-8H2,1H3,(H,14,16). The first kappa shape index (κ1) is 11.8. The van der Waals surface area contributed by atoms with E-state index in [1.165, 1.54) is 12.8 Å². The van der Waals surface area contributed by atoms with Crippen molar-refractivity contribution in [2.24, 2.45) is 5.92 Å². The molecule has 17 heavy (non-hydrogen) atoms. The van der Waals surface area contributed by atoms with E-state index in [1.807, 2.05) is 0 Å². The number of phenolic OH excluding ortho intramolecular Hbond substituents is 1. The number of aromatic hydroxyl groups is 1. The molecule has 0 aromatic heterocycles. The van der Waals surface area contributed by atoms with Crippen LogP contribution >= 0.6 is 0 Å². The second kappa shape index (κ2) is 5.08. The van der Waals surface area contributed by atoms with Gasteiger partial charge in [-0.3, -0.25) is 4.79 Å². The first-order chi connectivity index (χ1) is 8.16. The Morgan fingerprint density at radius 3 is 3.00 bits per heavy atom. The van der Waals surface area contributed by atoms with E-state index in [0.717, 1.165) is 6.54 Å². The minimum Gasteiger partial charge on any atom is -0.508 e. The van der Waals surface area contributed by atoms with Gasteiger partial charge in [0.25, 0.3) is 5.91 Å². The summed E-state index contributed by atoms with van der Waals surface area (Å²) in [6.45, 7) is 2.50. The lowest BCUT2D eigenvalue weighted by Crippen LogP contribution is -2.30. The minimum atomic E-state index is -0.111. The first-order valence-corrected chi connectivity index (χ1v) is 5.85. The average Bonchev–Trinajstić information content (AvgIpc) is 3.12. The maximum absolute atomic E-state index is 11.4. The third-order valence-electron chi connectivity index (χ3n) is 2.90. The molecule has 1 aliphatic rings. The van der Waals surface area contributed by atoms with E-state index in [9.17, 15) is 9.90 Å². The lowest BCUT2D eigenvalue weighted by Gasteiger charge is -2.10. The van der Waals surface area contributed by atoms with Crippen LogP contribution in [0.1, 0.15) is 18.4 Å². The normalized spacial score (nSPS) is 14.4. The molecule has 0 atom stereocenters. The number of benzene rings is 1. The number of rotatable bonds is 5. The van der Waals surface area contributed by atoms with Gasteiger partial charge in [0, 0.05) is 12.1 Å². The molecule has 0 heterocycles. The maximum Gasteiger partial charge on any atom is 0.257 e. The van der Waals surface area contributed by atoms with Crippen molar-refractivity contribution in [1.29, 1.82) is 0 Å². The van der Waals surface area contributed by atoms with Crippen LogP contribution in [0.3, 0.4) is 0 Å². The molecule has 4 nitrogen and oxygen atoms in total. The summed E-state index contributed by atoms with van der Waals surface area (Å²) in [5, 5.41) is 12.3. The zero-order valence-electron chi connectivity index (χ0n) is 9.90. The monoisotopic (exact) mass is 235 g/mol. The van der Waals surface area contributed by atoms with Crippen LogP contribution in [-0.4, -0.2) is 24.2 Å². The third kappa shape index (κ3) is 3.37. The molecule has 1 saturated carbocycles. The van der Waals surface area contributed by atoms with Gasteiger partial charge >= 0.3 is 0 Å². The molecule has 2 rings (SSSR count). The van der Waals surface area contributed by atoms with Crippen molar-refractivity contribution >= 4 is 5.91 Å². The number of carbonyl (C=O) groups is 1. The maximum atomic E-state index is 11.4. The third-order valence-corrected chi connectivity index (χ3v) is 2.90. The molecule has 1 aromatic rings. The zero-order chi connectivity index (χ0) is 12.3. The fourth-order valence-electron chi connectivity index (χ4n) is 1.53. The van der Waals surface area contributed by atoms with E-state index in [1.54, 1.807) is 25.1 Å². The molecule has 0 saturated heterocycles. The number of amides is 1. The lowest BCUT2D eigenvalue weighted by atomic mass is 10.2. The fourth-order valence-corrected chi connectivity index (χ4v) is 1.53. The van der Waals surface area contributed by atoms with Crippen molar-refractivity contribution in [2.45, 2.75) is 19.8 Å². The van der Waals surface area contributed by atoms with Crippen LogP contribution in [-0.2, 0) is 4.79 Å². The molecule has 0 unspecified atom stereocenters. The van der Waals surface area contributed by atoms with Gasteiger partial charge in [0.15, 0.2) is 6.61 Å². The highest BCUT2D eigenvalue weighted by Crippen LogP contribution is 2.27. The number of hydrogen-bond acceptors (Lipinski definition) is 3. The summed E-state index contributed by atoms with van der Waals surface area (Å²) in [5.74, 6) is 1.29. The molecule has 1 aliphatic carbocycles. The van der Waals surface area contributed by atoms with Gasteiger partial charge < -0.3 is 15.2 Å². The van der Waals surface area contributed by atoms with Crippen LogP contribution in [0.5, 0.6) is 11.5 Å². The Kier molecular flexibility index (Phi) is 3.52. The van der Waals surface area contributed by atoms with Crippen LogP contribution in [0.2, 0.25) is 0 Å². The minimum absolute atomic E-state index is 0.00296. The summed E-state index contributed by atoms with van der Waals surface area (Å²) in [5.41, 5.74) is 0.655. The van der Waals surface area contributed by atoms with Gasteiger partial charge in [-0.15, -0.1) is 0 Å². The first-order valence-electron chi connectivity index (χ1n) is 5.85. The van der Waals surface area contributed by atoms with E-state index in [4.69, 9.17) is 4.74 Å².